The Bertz CT molecular complexity index is 3210. The number of anilines is 3. The van der Waals surface area contributed by atoms with Crippen LogP contribution in [0.3, 0.4) is 0 Å². The Morgan fingerprint density at radius 3 is 1.43 bits per heavy atom. The molecule has 9 aromatic rings. The molecule has 0 atom stereocenters. The van der Waals surface area contributed by atoms with Crippen LogP contribution in [-0.2, 0) is 16.2 Å². The number of benzene rings is 9. The molecule has 312 valence electrons. The fourth-order valence-corrected chi connectivity index (χ4v) is 11.4. The van der Waals surface area contributed by atoms with Crippen LogP contribution in [0.5, 0.6) is 0 Å². The van der Waals surface area contributed by atoms with Crippen LogP contribution in [-0.4, -0.2) is 6.71 Å². The minimum absolute atomic E-state index is 0.00715. The van der Waals surface area contributed by atoms with E-state index in [0.29, 0.717) is 0 Å². The second-order valence-corrected chi connectivity index (χ2v) is 20.5. The zero-order valence-corrected chi connectivity index (χ0v) is 38.2. The predicted molar refractivity (Wildman–Crippen MR) is 277 cm³/mol. The number of hydrogen-bond donors (Lipinski definition) is 0. The summed E-state index contributed by atoms with van der Waals surface area (Å²) in [6.45, 7) is 14.1. The summed E-state index contributed by atoms with van der Waals surface area (Å²) < 4.78 is 0. The van der Waals surface area contributed by atoms with Crippen LogP contribution in [0.4, 0.5) is 17.1 Å². The number of rotatable bonds is 4. The van der Waals surface area contributed by atoms with Gasteiger partial charge in [-0.25, -0.2) is 0 Å². The van der Waals surface area contributed by atoms with E-state index in [1.807, 2.05) is 0 Å². The van der Waals surface area contributed by atoms with E-state index in [4.69, 9.17) is 0 Å². The molecular formula is C63H52BN. The van der Waals surface area contributed by atoms with Crippen LogP contribution in [0.25, 0.3) is 44.5 Å². The van der Waals surface area contributed by atoms with Crippen molar-refractivity contribution in [2.45, 2.75) is 57.8 Å². The van der Waals surface area contributed by atoms with Crippen LogP contribution >= 0.6 is 0 Å². The molecule has 0 N–H and O–H groups in total. The maximum absolute atomic E-state index is 2.62. The number of hydrogen-bond acceptors (Lipinski definition) is 1. The lowest BCUT2D eigenvalue weighted by Gasteiger charge is -2.49. The Kier molecular flexibility index (Phi) is 8.75. The standard InChI is InChI=1S/C63H52BN/c1-61(2,3)47-30-32-50-51-33-31-48(62(4,5)6)40-55(51)63(54(50)39-47)52-25-16-17-28-58(52)65-59-34-29-43(38-57(59)64(49-23-14-9-15-24-49)56-27-18-26-53(63)60(56)65)46-36-44(41-19-10-7-11-20-41)35-45(37-46)42-21-12-8-13-22-42/h7-40H,1-6H3. The van der Waals surface area contributed by atoms with Crippen molar-refractivity contribution in [1.29, 1.82) is 0 Å². The van der Waals surface area contributed by atoms with Crippen molar-refractivity contribution in [3.63, 3.8) is 0 Å². The van der Waals surface area contributed by atoms with Crippen molar-refractivity contribution in [2.75, 3.05) is 4.90 Å². The van der Waals surface area contributed by atoms with Gasteiger partial charge < -0.3 is 4.90 Å². The lowest BCUT2D eigenvalue weighted by molar-refractivity contribution is 0.586. The van der Waals surface area contributed by atoms with Crippen LogP contribution in [0.2, 0.25) is 0 Å². The lowest BCUT2D eigenvalue weighted by atomic mass is 9.34. The van der Waals surface area contributed by atoms with Crippen molar-refractivity contribution in [3.05, 3.63) is 240 Å². The van der Waals surface area contributed by atoms with Gasteiger partial charge in [0.2, 0.25) is 6.71 Å². The fraction of sp³-hybridized carbons (Fsp3) is 0.143. The zero-order valence-electron chi connectivity index (χ0n) is 38.2. The SMILES string of the molecule is CC(C)(C)c1ccc2c(c1)C1(c3cc(C(C)(C)C)ccc3-2)c2ccccc2N2c3ccc(-c4cc(-c5ccccc5)cc(-c5ccccc5)c4)cc3B(c3ccccc3)c3cccc1c32. The van der Waals surface area contributed by atoms with Gasteiger partial charge >= 0.3 is 0 Å². The molecule has 3 aliphatic rings. The lowest BCUT2D eigenvalue weighted by Crippen LogP contribution is -2.59. The average molecular weight is 834 g/mol. The van der Waals surface area contributed by atoms with Gasteiger partial charge in [0.25, 0.3) is 0 Å². The Morgan fingerprint density at radius 1 is 0.354 bits per heavy atom. The molecule has 0 saturated heterocycles. The molecule has 0 bridgehead atoms. The summed E-state index contributed by atoms with van der Waals surface area (Å²) in [7, 11) is 0. The monoisotopic (exact) mass is 833 g/mol. The predicted octanol–water partition coefficient (Wildman–Crippen LogP) is 14.3. The van der Waals surface area contributed by atoms with Gasteiger partial charge in [-0.2, -0.15) is 0 Å². The van der Waals surface area contributed by atoms with E-state index >= 15 is 0 Å². The van der Waals surface area contributed by atoms with Gasteiger partial charge in [0, 0.05) is 11.4 Å². The maximum atomic E-state index is 2.62. The molecule has 2 aliphatic heterocycles. The molecule has 0 saturated carbocycles. The molecule has 0 amide bonds. The third-order valence-electron chi connectivity index (χ3n) is 14.6. The summed E-state index contributed by atoms with van der Waals surface area (Å²) >= 11 is 0. The summed E-state index contributed by atoms with van der Waals surface area (Å²) in [6.07, 6.45) is 0. The van der Waals surface area contributed by atoms with Gasteiger partial charge in [-0.15, -0.1) is 0 Å². The summed E-state index contributed by atoms with van der Waals surface area (Å²) in [5.74, 6) is 0. The molecule has 65 heavy (non-hydrogen) atoms. The smallest absolute Gasteiger partial charge is 0.246 e. The molecule has 0 aromatic heterocycles. The summed E-state index contributed by atoms with van der Waals surface area (Å²) in [5.41, 5.74) is 25.3. The maximum Gasteiger partial charge on any atom is 0.246 e. The topological polar surface area (TPSA) is 3.24 Å². The highest BCUT2D eigenvalue weighted by atomic mass is 15.2. The molecule has 9 aromatic carbocycles. The van der Waals surface area contributed by atoms with Gasteiger partial charge in [-0.1, -0.05) is 223 Å². The largest absolute Gasteiger partial charge is 0.311 e. The number of nitrogens with zero attached hydrogens (tertiary/aromatic N) is 1. The molecule has 1 spiro atoms. The van der Waals surface area contributed by atoms with Crippen LogP contribution in [0.15, 0.2) is 206 Å². The van der Waals surface area contributed by atoms with Gasteiger partial charge in [-0.05, 0) is 130 Å². The van der Waals surface area contributed by atoms with E-state index < -0.39 is 5.41 Å². The molecule has 12 rings (SSSR count). The van der Waals surface area contributed by atoms with Gasteiger partial charge in [-0.3, -0.25) is 0 Å². The van der Waals surface area contributed by atoms with E-state index in [2.05, 4.69) is 253 Å². The van der Waals surface area contributed by atoms with Crippen molar-refractivity contribution in [3.8, 4) is 44.5 Å². The first kappa shape index (κ1) is 39.4. The molecule has 2 heteroatoms. The minimum atomic E-state index is -0.532. The van der Waals surface area contributed by atoms with Gasteiger partial charge in [0.1, 0.15) is 0 Å². The van der Waals surface area contributed by atoms with E-state index in [1.54, 1.807) is 0 Å². The third-order valence-corrected chi connectivity index (χ3v) is 14.6. The molecule has 0 unspecified atom stereocenters. The molecule has 2 heterocycles. The Balaban J connectivity index is 1.14. The Morgan fingerprint density at radius 2 is 0.862 bits per heavy atom. The van der Waals surface area contributed by atoms with Gasteiger partial charge in [0.15, 0.2) is 0 Å². The second kappa shape index (κ2) is 14.4. The zero-order chi connectivity index (χ0) is 44.2. The van der Waals surface area contributed by atoms with Crippen LogP contribution in [0, 0.1) is 0 Å². The van der Waals surface area contributed by atoms with E-state index in [1.165, 1.54) is 111 Å². The van der Waals surface area contributed by atoms with E-state index in [0.717, 1.165) is 0 Å². The molecule has 1 aliphatic carbocycles. The van der Waals surface area contributed by atoms with Gasteiger partial charge in [0.05, 0.1) is 11.1 Å². The minimum Gasteiger partial charge on any atom is -0.311 e. The summed E-state index contributed by atoms with van der Waals surface area (Å²) in [5, 5.41) is 0. The first-order chi connectivity index (χ1) is 31.5. The third kappa shape index (κ3) is 6.00. The van der Waals surface area contributed by atoms with E-state index in [9.17, 15) is 0 Å². The van der Waals surface area contributed by atoms with Crippen molar-refractivity contribution in [1.82, 2.24) is 0 Å². The Labute approximate surface area is 385 Å². The van der Waals surface area contributed by atoms with Crippen LogP contribution in [0.1, 0.15) is 74.9 Å². The van der Waals surface area contributed by atoms with Crippen LogP contribution < -0.4 is 21.3 Å². The highest BCUT2D eigenvalue weighted by Gasteiger charge is 2.54. The molecule has 0 fully saturated rings. The first-order valence-electron chi connectivity index (χ1n) is 23.3. The van der Waals surface area contributed by atoms with Crippen molar-refractivity contribution >= 4 is 40.2 Å². The average Bonchev–Trinajstić information content (AvgIpc) is 3.62. The highest BCUT2D eigenvalue weighted by Crippen LogP contribution is 2.64. The fourth-order valence-electron chi connectivity index (χ4n) is 11.4. The highest BCUT2D eigenvalue weighted by molar-refractivity contribution is 6.98. The molecule has 1 nitrogen and oxygen atoms in total. The van der Waals surface area contributed by atoms with E-state index in [-0.39, 0.29) is 17.5 Å². The number of para-hydroxylation sites is 2. The quantitative estimate of drug-likeness (QED) is 0.160. The van der Waals surface area contributed by atoms with Crippen molar-refractivity contribution in [2.24, 2.45) is 0 Å². The summed E-state index contributed by atoms with van der Waals surface area (Å²) in [6, 6.07) is 78.4. The van der Waals surface area contributed by atoms with Crippen molar-refractivity contribution < 1.29 is 0 Å². The second-order valence-electron chi connectivity index (χ2n) is 20.5. The molecular weight excluding hydrogens is 782 g/mol. The first-order valence-corrected chi connectivity index (χ1v) is 23.3. The molecule has 0 radical (unpaired) electrons. The normalized spacial score (nSPS) is 14.1. The Hall–Kier alpha value is -7.16. The summed E-state index contributed by atoms with van der Waals surface area (Å²) in [4.78, 5) is 2.62. The number of fused-ring (bicyclic) bond motifs is 11.